The molecule has 0 N–H and O–H groups in total. The molecule has 6 heteroatoms. The quantitative estimate of drug-likeness (QED) is 0.0200. The molecule has 0 saturated carbocycles. The van der Waals surface area contributed by atoms with Gasteiger partial charge in [0, 0.05) is 19.3 Å². The van der Waals surface area contributed by atoms with Crippen molar-refractivity contribution in [2.75, 3.05) is 13.2 Å². The summed E-state index contributed by atoms with van der Waals surface area (Å²) < 4.78 is 16.6. The maximum Gasteiger partial charge on any atom is 0.306 e. The maximum absolute atomic E-state index is 12.8. The van der Waals surface area contributed by atoms with E-state index in [0.29, 0.717) is 19.3 Å². The van der Waals surface area contributed by atoms with Gasteiger partial charge in [0.1, 0.15) is 13.2 Å². The van der Waals surface area contributed by atoms with Gasteiger partial charge in [0.2, 0.25) is 0 Å². The molecule has 0 aromatic carbocycles. The van der Waals surface area contributed by atoms with Crippen molar-refractivity contribution in [3.05, 3.63) is 170 Å². The van der Waals surface area contributed by atoms with Crippen LogP contribution in [0.15, 0.2) is 170 Å². The van der Waals surface area contributed by atoms with Gasteiger partial charge in [-0.3, -0.25) is 14.4 Å². The van der Waals surface area contributed by atoms with E-state index in [1.165, 1.54) is 38.5 Å². The molecule has 66 heavy (non-hydrogen) atoms. The van der Waals surface area contributed by atoms with Crippen molar-refractivity contribution in [2.45, 2.75) is 175 Å². The fourth-order valence-electron chi connectivity index (χ4n) is 5.94. The zero-order valence-electron chi connectivity index (χ0n) is 41.4. The second-order valence-corrected chi connectivity index (χ2v) is 15.8. The van der Waals surface area contributed by atoms with Crippen LogP contribution in [-0.2, 0) is 28.6 Å². The van der Waals surface area contributed by atoms with Gasteiger partial charge in [-0.2, -0.15) is 0 Å². The van der Waals surface area contributed by atoms with E-state index in [1.54, 1.807) is 0 Å². The molecule has 0 aliphatic carbocycles. The molecule has 364 valence electrons. The van der Waals surface area contributed by atoms with Crippen LogP contribution in [-0.4, -0.2) is 37.2 Å². The molecule has 0 aliphatic heterocycles. The number of ether oxygens (including phenoxy) is 3. The van der Waals surface area contributed by atoms with E-state index in [-0.39, 0.29) is 44.4 Å². The van der Waals surface area contributed by atoms with E-state index in [2.05, 4.69) is 99.8 Å². The van der Waals surface area contributed by atoms with Crippen molar-refractivity contribution >= 4 is 17.9 Å². The van der Waals surface area contributed by atoms with Crippen molar-refractivity contribution in [1.82, 2.24) is 0 Å². The van der Waals surface area contributed by atoms with Crippen molar-refractivity contribution in [3.63, 3.8) is 0 Å². The van der Waals surface area contributed by atoms with Crippen LogP contribution in [0.2, 0.25) is 0 Å². The molecular weight excluding hydrogens is 817 g/mol. The predicted molar refractivity (Wildman–Crippen MR) is 283 cm³/mol. The molecule has 0 aromatic heterocycles. The van der Waals surface area contributed by atoms with E-state index in [1.807, 2.05) is 91.1 Å². The molecule has 0 aromatic rings. The van der Waals surface area contributed by atoms with Gasteiger partial charge in [-0.05, 0) is 89.9 Å². The molecule has 0 aliphatic rings. The summed E-state index contributed by atoms with van der Waals surface area (Å²) in [6.45, 7) is 6.17. The lowest BCUT2D eigenvalue weighted by Crippen LogP contribution is -2.30. The van der Waals surface area contributed by atoms with Gasteiger partial charge in [-0.1, -0.05) is 229 Å². The van der Waals surface area contributed by atoms with Crippen LogP contribution >= 0.6 is 0 Å². The number of unbranched alkanes of at least 4 members (excludes halogenated alkanes) is 9. The largest absolute Gasteiger partial charge is 0.462 e. The first kappa shape index (κ1) is 60.8. The number of allylic oxidation sites excluding steroid dienone is 28. The topological polar surface area (TPSA) is 78.9 Å². The molecule has 0 radical (unpaired) electrons. The van der Waals surface area contributed by atoms with Crippen LogP contribution in [0.4, 0.5) is 0 Å². The number of rotatable bonds is 42. The minimum absolute atomic E-state index is 0.158. The molecule has 1 atom stereocenters. The molecule has 0 rings (SSSR count). The Morgan fingerprint density at radius 3 is 1.20 bits per heavy atom. The molecule has 0 saturated heterocycles. The van der Waals surface area contributed by atoms with E-state index in [0.717, 1.165) is 70.6 Å². The highest BCUT2D eigenvalue weighted by molar-refractivity contribution is 5.71. The Balaban J connectivity index is 4.70. The zero-order valence-corrected chi connectivity index (χ0v) is 41.4. The lowest BCUT2D eigenvalue weighted by atomic mass is 10.1. The molecule has 1 unspecified atom stereocenters. The fraction of sp³-hybridized carbons (Fsp3) is 0.483. The summed E-state index contributed by atoms with van der Waals surface area (Å²) in [6.07, 6.45) is 77.8. The Bertz CT molecular complexity index is 1600. The Kier molecular flexibility index (Phi) is 48.2. The highest BCUT2D eigenvalue weighted by Gasteiger charge is 2.19. The van der Waals surface area contributed by atoms with E-state index < -0.39 is 12.1 Å². The Labute approximate surface area is 402 Å². The summed E-state index contributed by atoms with van der Waals surface area (Å²) in [5.41, 5.74) is 0. The van der Waals surface area contributed by atoms with Crippen molar-refractivity contribution in [3.8, 4) is 0 Å². The molecule has 6 nitrogen and oxygen atoms in total. The number of hydrogen-bond donors (Lipinski definition) is 0. The van der Waals surface area contributed by atoms with E-state index in [4.69, 9.17) is 14.2 Å². The van der Waals surface area contributed by atoms with Gasteiger partial charge in [0.05, 0.1) is 0 Å². The summed E-state index contributed by atoms with van der Waals surface area (Å²) in [7, 11) is 0. The Morgan fingerprint density at radius 1 is 0.333 bits per heavy atom. The monoisotopic (exact) mass is 905 g/mol. The number of hydrogen-bond acceptors (Lipinski definition) is 6. The van der Waals surface area contributed by atoms with Crippen molar-refractivity contribution < 1.29 is 28.6 Å². The third-order valence-electron chi connectivity index (χ3n) is 9.66. The number of carbonyl (C=O) groups is 3. The molecule has 0 amide bonds. The smallest absolute Gasteiger partial charge is 0.306 e. The van der Waals surface area contributed by atoms with Gasteiger partial charge in [-0.15, -0.1) is 0 Å². The zero-order chi connectivity index (χ0) is 47.9. The average Bonchev–Trinajstić information content (AvgIpc) is 3.31. The van der Waals surface area contributed by atoms with Gasteiger partial charge in [-0.25, -0.2) is 0 Å². The van der Waals surface area contributed by atoms with Crippen LogP contribution in [0.5, 0.6) is 0 Å². The first-order valence-corrected chi connectivity index (χ1v) is 25.2. The van der Waals surface area contributed by atoms with Gasteiger partial charge in [0.15, 0.2) is 6.10 Å². The fourth-order valence-corrected chi connectivity index (χ4v) is 5.94. The molecule has 0 bridgehead atoms. The second kappa shape index (κ2) is 52.4. The average molecular weight is 905 g/mol. The highest BCUT2D eigenvalue weighted by atomic mass is 16.6. The highest BCUT2D eigenvalue weighted by Crippen LogP contribution is 2.10. The minimum atomic E-state index is -0.868. The normalized spacial score (nSPS) is 13.6. The summed E-state index contributed by atoms with van der Waals surface area (Å²) in [6, 6.07) is 0. The molecular formula is C60H88O6. The van der Waals surface area contributed by atoms with E-state index >= 15 is 0 Å². The van der Waals surface area contributed by atoms with Gasteiger partial charge in [0.25, 0.3) is 0 Å². The second-order valence-electron chi connectivity index (χ2n) is 15.8. The maximum atomic E-state index is 12.8. The van der Waals surface area contributed by atoms with Crippen LogP contribution < -0.4 is 0 Å². The molecule has 0 spiro atoms. The molecule has 0 heterocycles. The summed E-state index contributed by atoms with van der Waals surface area (Å²) in [5, 5.41) is 0. The van der Waals surface area contributed by atoms with Crippen LogP contribution in [0.3, 0.4) is 0 Å². The summed E-state index contributed by atoms with van der Waals surface area (Å²) in [4.78, 5) is 37.9. The van der Waals surface area contributed by atoms with Gasteiger partial charge >= 0.3 is 17.9 Å². The van der Waals surface area contributed by atoms with Crippen molar-refractivity contribution in [1.29, 1.82) is 0 Å². The molecule has 0 fully saturated rings. The van der Waals surface area contributed by atoms with E-state index in [9.17, 15) is 14.4 Å². The van der Waals surface area contributed by atoms with Crippen LogP contribution in [0, 0.1) is 0 Å². The third kappa shape index (κ3) is 49.8. The van der Waals surface area contributed by atoms with Crippen LogP contribution in [0.1, 0.15) is 168 Å². The van der Waals surface area contributed by atoms with Crippen molar-refractivity contribution in [2.24, 2.45) is 0 Å². The Morgan fingerprint density at radius 2 is 0.697 bits per heavy atom. The van der Waals surface area contributed by atoms with Gasteiger partial charge < -0.3 is 14.2 Å². The Hall–Kier alpha value is -5.23. The standard InChI is InChI=1S/C60H88O6/c1-4-7-10-13-16-19-22-25-27-29-30-31-33-35-38-41-44-47-50-53-59(62)65-56-57(55-64-58(61)52-49-46-43-40-37-34-24-21-18-15-12-9-6-3)66-60(63)54-51-48-45-42-39-36-32-28-26-23-20-17-14-11-8-5-2/h7-8,10-11,13,16-17,19-20,22,25-31,33-39,43,45-46,48,57H,4-6,9,12,14-15,18,21,23-24,32,40-42,44,47,49-56H2,1-3H3/b10-7-,11-8-,16-13-,20-17-,22-19-,27-25-,28-26-,30-29+,33-31-,37-34-,38-35-,39-36-,46-43-,48-45-. The number of carbonyl (C=O) groups excluding carboxylic acids is 3. The minimum Gasteiger partial charge on any atom is -0.462 e. The third-order valence-corrected chi connectivity index (χ3v) is 9.66. The first-order valence-electron chi connectivity index (χ1n) is 25.2. The van der Waals surface area contributed by atoms with Crippen LogP contribution in [0.25, 0.3) is 0 Å². The first-order chi connectivity index (χ1) is 32.5. The summed E-state index contributed by atoms with van der Waals surface area (Å²) in [5.74, 6) is -1.17. The lowest BCUT2D eigenvalue weighted by Gasteiger charge is -2.18. The SMILES string of the molecule is CC\C=C/C=C\C=C/C=C\C=C\C=C/C=C\CCCCCC(=O)OCC(COC(=O)CC/C=C\C/C=C\CCCCCCCC)OC(=O)CC/C=C\C/C=C\C/C=C\C/C=C\C/C=C\CC. The predicted octanol–water partition coefficient (Wildman–Crippen LogP) is 16.8. The number of esters is 3. The lowest BCUT2D eigenvalue weighted by molar-refractivity contribution is -0.166. The summed E-state index contributed by atoms with van der Waals surface area (Å²) >= 11 is 0.